The van der Waals surface area contributed by atoms with Crippen LogP contribution < -0.4 is 11.0 Å². The van der Waals surface area contributed by atoms with E-state index in [1.165, 1.54) is 4.57 Å². The fourth-order valence-corrected chi connectivity index (χ4v) is 3.40. The maximum absolute atomic E-state index is 12.5. The topological polar surface area (TPSA) is 97.1 Å². The zero-order valence-electron chi connectivity index (χ0n) is 15.1. The number of nitrogens with zero attached hydrogens (tertiary/aromatic N) is 3. The highest BCUT2D eigenvalue weighted by molar-refractivity contribution is 5.76. The molecule has 1 amide bonds. The van der Waals surface area contributed by atoms with E-state index in [4.69, 9.17) is 0 Å². The molecule has 1 saturated carbocycles. The van der Waals surface area contributed by atoms with Gasteiger partial charge in [-0.25, -0.2) is 4.79 Å². The number of aliphatic hydroxyl groups excluding tert-OH is 1. The number of aromatic nitrogens is 3. The lowest BCUT2D eigenvalue weighted by Gasteiger charge is -2.38. The number of rotatable bonds is 6. The van der Waals surface area contributed by atoms with Crippen LogP contribution in [0.15, 0.2) is 35.3 Å². The summed E-state index contributed by atoms with van der Waals surface area (Å²) in [5.41, 5.74) is 1.82. The molecule has 2 aromatic heterocycles. The summed E-state index contributed by atoms with van der Waals surface area (Å²) in [5, 5.41) is 12.6. The molecule has 1 atom stereocenters. The summed E-state index contributed by atoms with van der Waals surface area (Å²) in [4.78, 5) is 32.8. The van der Waals surface area contributed by atoms with E-state index in [9.17, 15) is 14.7 Å². The van der Waals surface area contributed by atoms with Gasteiger partial charge >= 0.3 is 5.69 Å². The monoisotopic (exact) mass is 356 g/mol. The van der Waals surface area contributed by atoms with E-state index in [0.717, 1.165) is 5.69 Å². The number of aliphatic hydroxyl groups is 1. The van der Waals surface area contributed by atoms with Crippen LogP contribution in [0.25, 0.3) is 0 Å². The first-order valence-electron chi connectivity index (χ1n) is 8.85. The minimum atomic E-state index is -0.419. The van der Waals surface area contributed by atoms with Gasteiger partial charge in [-0.2, -0.15) is 4.98 Å². The van der Waals surface area contributed by atoms with Gasteiger partial charge in [0.05, 0.1) is 6.10 Å². The van der Waals surface area contributed by atoms with E-state index < -0.39 is 5.69 Å². The van der Waals surface area contributed by atoms with Crippen molar-refractivity contribution in [2.75, 3.05) is 0 Å². The van der Waals surface area contributed by atoms with Crippen LogP contribution >= 0.6 is 0 Å². The summed E-state index contributed by atoms with van der Waals surface area (Å²) in [6.07, 6.45) is 3.37. The number of amides is 1. The standard InChI is InChI=1S/C19H24N4O3/c1-12-7-13(2)23(19(26)21-12)11-18(25)22-17(14-8-16(24)9-14)10-15-5-3-4-6-20-15/h3-7,14,16-17,24H,8-11H2,1-2H3,(H,22,25)/t14?,16?,17-/m1/s1. The van der Waals surface area contributed by atoms with Gasteiger partial charge in [-0.15, -0.1) is 0 Å². The van der Waals surface area contributed by atoms with Gasteiger partial charge in [0.2, 0.25) is 5.91 Å². The normalized spacial score (nSPS) is 20.3. The number of hydrogen-bond donors (Lipinski definition) is 2. The molecule has 0 aromatic carbocycles. The predicted molar refractivity (Wildman–Crippen MR) is 96.6 cm³/mol. The lowest BCUT2D eigenvalue weighted by atomic mass is 9.76. The summed E-state index contributed by atoms with van der Waals surface area (Å²) >= 11 is 0. The third-order valence-electron chi connectivity index (χ3n) is 4.87. The Bertz CT molecular complexity index is 828. The molecule has 3 rings (SSSR count). The second-order valence-corrected chi connectivity index (χ2v) is 6.99. The van der Waals surface area contributed by atoms with Crippen molar-refractivity contribution in [1.82, 2.24) is 19.9 Å². The summed E-state index contributed by atoms with van der Waals surface area (Å²) in [7, 11) is 0. The Morgan fingerprint density at radius 2 is 2.15 bits per heavy atom. The van der Waals surface area contributed by atoms with E-state index in [-0.39, 0.29) is 30.5 Å². The van der Waals surface area contributed by atoms with Crippen LogP contribution in [-0.4, -0.2) is 37.7 Å². The zero-order chi connectivity index (χ0) is 18.7. The molecule has 2 aromatic rings. The van der Waals surface area contributed by atoms with Crippen molar-refractivity contribution in [3.05, 3.63) is 58.0 Å². The van der Waals surface area contributed by atoms with E-state index >= 15 is 0 Å². The van der Waals surface area contributed by atoms with E-state index in [1.54, 1.807) is 26.1 Å². The molecule has 2 heterocycles. The predicted octanol–water partition coefficient (Wildman–Crippen LogP) is 0.754. The molecule has 2 N–H and O–H groups in total. The molecule has 26 heavy (non-hydrogen) atoms. The highest BCUT2D eigenvalue weighted by Gasteiger charge is 2.35. The average molecular weight is 356 g/mol. The Balaban J connectivity index is 1.70. The van der Waals surface area contributed by atoms with Gasteiger partial charge in [-0.3, -0.25) is 14.3 Å². The van der Waals surface area contributed by atoms with Crippen LogP contribution in [0.3, 0.4) is 0 Å². The van der Waals surface area contributed by atoms with Gasteiger partial charge < -0.3 is 10.4 Å². The molecule has 1 aliphatic carbocycles. The van der Waals surface area contributed by atoms with Gasteiger partial charge in [-0.05, 0) is 50.8 Å². The van der Waals surface area contributed by atoms with Crippen molar-refractivity contribution in [3.63, 3.8) is 0 Å². The summed E-state index contributed by atoms with van der Waals surface area (Å²) in [5.74, 6) is -0.0203. The zero-order valence-corrected chi connectivity index (χ0v) is 15.1. The van der Waals surface area contributed by atoms with Crippen molar-refractivity contribution in [2.45, 2.75) is 51.8 Å². The molecule has 7 nitrogen and oxygen atoms in total. The van der Waals surface area contributed by atoms with Gasteiger partial charge in [0.25, 0.3) is 0 Å². The molecular weight excluding hydrogens is 332 g/mol. The van der Waals surface area contributed by atoms with Crippen molar-refractivity contribution >= 4 is 5.91 Å². The van der Waals surface area contributed by atoms with Crippen molar-refractivity contribution in [1.29, 1.82) is 0 Å². The highest BCUT2D eigenvalue weighted by Crippen LogP contribution is 2.31. The lowest BCUT2D eigenvalue weighted by Crippen LogP contribution is -2.49. The second kappa shape index (κ2) is 7.78. The first-order valence-corrected chi connectivity index (χ1v) is 8.85. The summed E-state index contributed by atoms with van der Waals surface area (Å²) in [6.45, 7) is 3.48. The maximum atomic E-state index is 12.5. The number of pyridine rings is 1. The lowest BCUT2D eigenvalue weighted by molar-refractivity contribution is -0.123. The second-order valence-electron chi connectivity index (χ2n) is 6.99. The summed E-state index contributed by atoms with van der Waals surface area (Å²) < 4.78 is 1.37. The quantitative estimate of drug-likeness (QED) is 0.796. The number of hydrogen-bond acceptors (Lipinski definition) is 5. The molecular formula is C19H24N4O3. The van der Waals surface area contributed by atoms with Gasteiger partial charge in [-0.1, -0.05) is 6.07 Å². The fourth-order valence-electron chi connectivity index (χ4n) is 3.40. The first kappa shape index (κ1) is 18.3. The third kappa shape index (κ3) is 4.35. The molecule has 7 heteroatoms. The van der Waals surface area contributed by atoms with Crippen molar-refractivity contribution in [2.24, 2.45) is 5.92 Å². The Morgan fingerprint density at radius 3 is 2.77 bits per heavy atom. The van der Waals surface area contributed by atoms with E-state index in [1.807, 2.05) is 18.2 Å². The Labute approximate surface area is 152 Å². The molecule has 1 aliphatic rings. The molecule has 0 radical (unpaired) electrons. The molecule has 0 unspecified atom stereocenters. The third-order valence-corrected chi connectivity index (χ3v) is 4.87. The first-order chi connectivity index (χ1) is 12.4. The van der Waals surface area contributed by atoms with Gasteiger partial charge in [0.1, 0.15) is 6.54 Å². The van der Waals surface area contributed by atoms with Gasteiger partial charge in [0.15, 0.2) is 0 Å². The fraction of sp³-hybridized carbons (Fsp3) is 0.474. The number of nitrogens with one attached hydrogen (secondary N) is 1. The minimum Gasteiger partial charge on any atom is -0.393 e. The number of carbonyl (C=O) groups is 1. The van der Waals surface area contributed by atoms with Crippen LogP contribution in [0, 0.1) is 19.8 Å². The SMILES string of the molecule is Cc1cc(C)n(CC(=O)N[C@H](Cc2ccccn2)C2CC(O)C2)c(=O)n1. The smallest absolute Gasteiger partial charge is 0.348 e. The van der Waals surface area contributed by atoms with Crippen LogP contribution in [-0.2, 0) is 17.8 Å². The molecule has 1 fully saturated rings. The molecule has 0 saturated heterocycles. The Hall–Kier alpha value is -2.54. The molecule has 0 aliphatic heterocycles. The van der Waals surface area contributed by atoms with E-state index in [2.05, 4.69) is 15.3 Å². The molecule has 138 valence electrons. The Morgan fingerprint density at radius 1 is 1.38 bits per heavy atom. The maximum Gasteiger partial charge on any atom is 0.348 e. The van der Waals surface area contributed by atoms with Gasteiger partial charge in [0, 0.05) is 35.7 Å². The van der Waals surface area contributed by atoms with Crippen molar-refractivity contribution in [3.8, 4) is 0 Å². The average Bonchev–Trinajstić information content (AvgIpc) is 2.55. The Kier molecular flexibility index (Phi) is 5.46. The molecule has 0 spiro atoms. The largest absolute Gasteiger partial charge is 0.393 e. The summed E-state index contributed by atoms with van der Waals surface area (Å²) in [6, 6.07) is 7.35. The number of carbonyl (C=O) groups excluding carboxylic acids is 1. The minimum absolute atomic E-state index is 0.0636. The number of aryl methyl sites for hydroxylation is 2. The van der Waals surface area contributed by atoms with Crippen molar-refractivity contribution < 1.29 is 9.90 Å². The molecule has 0 bridgehead atoms. The van der Waals surface area contributed by atoms with E-state index in [0.29, 0.717) is 30.7 Å². The van der Waals surface area contributed by atoms with Crippen LogP contribution in [0.2, 0.25) is 0 Å². The van der Waals surface area contributed by atoms with Crippen LogP contribution in [0.1, 0.15) is 29.9 Å². The highest BCUT2D eigenvalue weighted by atomic mass is 16.3. The van der Waals surface area contributed by atoms with Crippen LogP contribution in [0.5, 0.6) is 0 Å². The van der Waals surface area contributed by atoms with Crippen LogP contribution in [0.4, 0.5) is 0 Å².